The highest BCUT2D eigenvalue weighted by Crippen LogP contribution is 2.47. The van der Waals surface area contributed by atoms with Crippen LogP contribution in [0.1, 0.15) is 11.1 Å². The van der Waals surface area contributed by atoms with E-state index >= 15 is 0 Å². The number of hydrogen-bond donors (Lipinski definition) is 0. The Morgan fingerprint density at radius 1 is 0.160 bits per heavy atom. The molecule has 0 atom stereocenters. The maximum absolute atomic E-state index is 9.64. The molecule has 0 spiro atoms. The Morgan fingerprint density at radius 2 is 0.431 bits per heavy atom. The third-order valence-corrected chi connectivity index (χ3v) is 29.7. The second-order valence-corrected chi connectivity index (χ2v) is 37.5. The Morgan fingerprint density at radius 3 is 0.854 bits per heavy atom. The van der Waals surface area contributed by atoms with E-state index in [0.717, 1.165) is 98.8 Å². The van der Waals surface area contributed by atoms with Crippen LogP contribution in [0.25, 0.3) is 268 Å². The average molecular weight is 1830 g/mol. The SMILES string of the molecule is N#Cc1ccc2cc(-n3c4ccccc4c4ccc(-c5ccc6c(c5)c5ccccc5n6-c5ccccc5)cc43)c3ccccc3c2c1.N#Cc1ccc2ccc3cc(-n4c5ccccc5c5ccc(-c6ccc7c(c6)c6ccccc6n7-c6ccccc6)cc54)ccc3c2c1.[C-]#[N+]c1ccc2ccc3ccc(-n4c5ccccc5c5ccc(-c6ccc7c(c6)c6ccccc6n7-c6ccccc6)cc54)cc3c2c1. The predicted molar refractivity (Wildman–Crippen MR) is 602 cm³/mol. The molecule has 0 aliphatic carbocycles. The van der Waals surface area contributed by atoms with Crippen LogP contribution in [-0.4, -0.2) is 27.4 Å². The Hall–Kier alpha value is -19.9. The molecule has 6 aromatic heterocycles. The first-order valence-electron chi connectivity index (χ1n) is 48.7. The number of benzene rings is 24. The highest BCUT2D eigenvalue weighted by atomic mass is 15.0. The van der Waals surface area contributed by atoms with Crippen molar-refractivity contribution in [3.63, 3.8) is 0 Å². The van der Waals surface area contributed by atoms with E-state index in [2.05, 4.69) is 493 Å². The second-order valence-electron chi connectivity index (χ2n) is 37.5. The van der Waals surface area contributed by atoms with Gasteiger partial charge in [-0.2, -0.15) is 10.5 Å². The maximum Gasteiger partial charge on any atom is 0.187 e. The largest absolute Gasteiger partial charge is 0.309 e. The monoisotopic (exact) mass is 1830 g/mol. The first-order chi connectivity index (χ1) is 71.3. The van der Waals surface area contributed by atoms with Crippen LogP contribution in [0.5, 0.6) is 0 Å². The normalized spacial score (nSPS) is 11.7. The minimum Gasteiger partial charge on any atom is -0.309 e. The summed E-state index contributed by atoms with van der Waals surface area (Å²) < 4.78 is 14.3. The first-order valence-corrected chi connectivity index (χ1v) is 48.7. The molecule has 0 saturated carbocycles. The summed E-state index contributed by atoms with van der Waals surface area (Å²) in [6, 6.07) is 181. The summed E-state index contributed by atoms with van der Waals surface area (Å²) in [5, 5.41) is 47.6. The highest BCUT2D eigenvalue weighted by molar-refractivity contribution is 6.21. The van der Waals surface area contributed by atoms with Crippen molar-refractivity contribution in [2.45, 2.75) is 0 Å². The number of hydrogen-bond acceptors (Lipinski definition) is 2. The van der Waals surface area contributed by atoms with Crippen LogP contribution < -0.4 is 0 Å². The average Bonchev–Trinajstić information content (AvgIpc) is 1.57. The van der Waals surface area contributed by atoms with Crippen molar-refractivity contribution >= 4 is 201 Å². The molecule has 0 fully saturated rings. The molecule has 6 heterocycles. The molecule has 0 aliphatic heterocycles. The zero-order valence-electron chi connectivity index (χ0n) is 77.8. The molecule has 0 bridgehead atoms. The van der Waals surface area contributed by atoms with E-state index in [4.69, 9.17) is 6.57 Å². The van der Waals surface area contributed by atoms with Gasteiger partial charge in [-0.15, -0.1) is 0 Å². The number of rotatable bonds is 9. The van der Waals surface area contributed by atoms with E-state index in [-0.39, 0.29) is 0 Å². The molecular formula is C135H81N9. The Bertz CT molecular complexity index is 10800. The molecule has 666 valence electrons. The van der Waals surface area contributed by atoms with Crippen molar-refractivity contribution in [1.29, 1.82) is 10.5 Å². The minimum absolute atomic E-state index is 0.658. The van der Waals surface area contributed by atoms with Crippen molar-refractivity contribution in [2.24, 2.45) is 0 Å². The lowest BCUT2D eigenvalue weighted by atomic mass is 9.98. The van der Waals surface area contributed by atoms with Gasteiger partial charge in [-0.05, 0) is 281 Å². The zero-order valence-corrected chi connectivity index (χ0v) is 77.8. The van der Waals surface area contributed by atoms with Gasteiger partial charge in [-0.1, -0.05) is 303 Å². The van der Waals surface area contributed by atoms with Gasteiger partial charge in [0.1, 0.15) is 0 Å². The number of aromatic nitrogens is 6. The van der Waals surface area contributed by atoms with Crippen LogP contribution in [0.15, 0.2) is 491 Å². The summed E-state index contributed by atoms with van der Waals surface area (Å²) >= 11 is 0. The van der Waals surface area contributed by atoms with E-state index in [0.29, 0.717) is 16.8 Å². The van der Waals surface area contributed by atoms with Gasteiger partial charge >= 0.3 is 0 Å². The molecule has 24 aromatic carbocycles. The lowest BCUT2D eigenvalue weighted by Crippen LogP contribution is -1.96. The third kappa shape index (κ3) is 13.2. The summed E-state index contributed by atoms with van der Waals surface area (Å²) in [6.45, 7) is 7.60. The first kappa shape index (κ1) is 82.4. The fraction of sp³-hybridized carbons (Fsp3) is 0. The van der Waals surface area contributed by atoms with Crippen LogP contribution in [0.2, 0.25) is 0 Å². The Balaban J connectivity index is 0.000000105. The number of nitriles is 2. The van der Waals surface area contributed by atoms with Crippen LogP contribution in [0, 0.1) is 29.2 Å². The summed E-state index contributed by atoms with van der Waals surface area (Å²) in [6.07, 6.45) is 0. The molecule has 9 heteroatoms. The third-order valence-electron chi connectivity index (χ3n) is 29.7. The molecule has 30 aromatic rings. The summed E-state index contributed by atoms with van der Waals surface area (Å²) in [5.74, 6) is 0. The van der Waals surface area contributed by atoms with E-state index in [1.807, 2.05) is 42.5 Å². The van der Waals surface area contributed by atoms with Gasteiger partial charge in [-0.25, -0.2) is 4.85 Å². The van der Waals surface area contributed by atoms with E-state index in [1.165, 1.54) is 164 Å². The predicted octanol–water partition coefficient (Wildman–Crippen LogP) is 35.9. The molecule has 144 heavy (non-hydrogen) atoms. The molecule has 0 aliphatic rings. The molecule has 0 amide bonds. The molecule has 0 N–H and O–H groups in total. The lowest BCUT2D eigenvalue weighted by Gasteiger charge is -2.15. The van der Waals surface area contributed by atoms with Gasteiger partial charge in [0.05, 0.1) is 102 Å². The summed E-state index contributed by atoms with van der Waals surface area (Å²) in [5.41, 5.74) is 30.2. The van der Waals surface area contributed by atoms with Gasteiger partial charge in [-0.3, -0.25) is 0 Å². The van der Waals surface area contributed by atoms with Crippen LogP contribution in [-0.2, 0) is 0 Å². The molecule has 0 radical (unpaired) electrons. The fourth-order valence-corrected chi connectivity index (χ4v) is 23.1. The van der Waals surface area contributed by atoms with Gasteiger partial charge in [0.2, 0.25) is 0 Å². The zero-order chi connectivity index (χ0) is 95.3. The molecule has 0 unspecified atom stereocenters. The smallest absolute Gasteiger partial charge is 0.187 e. The topological polar surface area (TPSA) is 81.5 Å². The molecule has 30 rings (SSSR count). The number of fused-ring (bicyclic) bond motifs is 27. The van der Waals surface area contributed by atoms with Gasteiger partial charge in [0.15, 0.2) is 5.69 Å². The van der Waals surface area contributed by atoms with Gasteiger partial charge < -0.3 is 27.4 Å². The van der Waals surface area contributed by atoms with Gasteiger partial charge in [0.25, 0.3) is 0 Å². The fourth-order valence-electron chi connectivity index (χ4n) is 23.1. The molecule has 9 nitrogen and oxygen atoms in total. The Labute approximate surface area is 826 Å². The number of nitrogens with zero attached hydrogens (tertiary/aromatic N) is 9. The number of para-hydroxylation sites is 9. The second kappa shape index (κ2) is 33.2. The van der Waals surface area contributed by atoms with Crippen LogP contribution in [0.3, 0.4) is 0 Å². The maximum atomic E-state index is 9.64. The van der Waals surface area contributed by atoms with Crippen molar-refractivity contribution in [3.05, 3.63) is 514 Å². The summed E-state index contributed by atoms with van der Waals surface area (Å²) in [4.78, 5) is 3.72. The standard InChI is InChI=1S/3C45H27N3/c1-46-33-21-17-29-15-16-30-18-22-35(28-40(30)39(29)27-33)48-42-13-7-5-11-36(42)38-23-19-32(26-45(38)48)31-20-24-44-41(25-31)37-12-6-8-14-43(37)47(44)34-9-3-2-4-10-34;46-28-29-14-15-30-16-17-33-25-35(20-22-36(33)40(30)24-29)48-42-12-6-4-10-37(42)39-21-18-32(27-45(39)48)31-19-23-44-41(26-31)38-11-5-7-13-43(38)47(44)34-8-2-1-3-9-34;46-28-29-18-19-32-27-45(35-13-5-4-12-34(35)39(32)24-29)48-42-17-9-6-14-36(42)38-22-20-31(26-44(38)48)30-21-23-43-40(25-30)37-15-7-8-16-41(37)47(43)33-10-2-1-3-11-33/h2-28H;2*1-27H. The Kier molecular flexibility index (Phi) is 19.0. The molecular weight excluding hydrogens is 1750 g/mol. The van der Waals surface area contributed by atoms with Crippen molar-refractivity contribution in [1.82, 2.24) is 27.4 Å². The van der Waals surface area contributed by atoms with E-state index < -0.39 is 0 Å². The van der Waals surface area contributed by atoms with E-state index in [9.17, 15) is 10.5 Å². The van der Waals surface area contributed by atoms with Crippen molar-refractivity contribution in [2.75, 3.05) is 0 Å². The minimum atomic E-state index is 0.658. The van der Waals surface area contributed by atoms with Crippen molar-refractivity contribution < 1.29 is 0 Å². The van der Waals surface area contributed by atoms with E-state index in [1.54, 1.807) is 0 Å². The van der Waals surface area contributed by atoms with Crippen LogP contribution in [0.4, 0.5) is 5.69 Å². The van der Waals surface area contributed by atoms with Crippen LogP contribution >= 0.6 is 0 Å². The van der Waals surface area contributed by atoms with Crippen molar-refractivity contribution in [3.8, 4) is 79.6 Å². The molecule has 0 saturated heterocycles. The van der Waals surface area contributed by atoms with Gasteiger partial charge in [0, 0.05) is 98.5 Å². The lowest BCUT2D eigenvalue weighted by molar-refractivity contribution is 1.18. The summed E-state index contributed by atoms with van der Waals surface area (Å²) in [7, 11) is 0. The highest BCUT2D eigenvalue weighted by Gasteiger charge is 2.25. The quantitative estimate of drug-likeness (QED) is 0.107.